The van der Waals surface area contributed by atoms with Crippen LogP contribution in [0.2, 0.25) is 0 Å². The van der Waals surface area contributed by atoms with Gasteiger partial charge in [0.15, 0.2) is 3.79 Å². The highest BCUT2D eigenvalue weighted by atomic mass is 35.6. The van der Waals surface area contributed by atoms with Crippen LogP contribution in [0.5, 0.6) is 0 Å². The average molecular weight is 274 g/mol. The summed E-state index contributed by atoms with van der Waals surface area (Å²) in [6.45, 7) is 0. The SMILES string of the molecule is N#CC(C#N)C(c1ccccc1)C(Cl)(Cl)Cl. The van der Waals surface area contributed by atoms with E-state index in [0.717, 1.165) is 0 Å². The number of rotatable bonds is 2. The summed E-state index contributed by atoms with van der Waals surface area (Å²) in [4.78, 5) is 0. The normalized spacial score (nSPS) is 12.9. The van der Waals surface area contributed by atoms with Crippen LogP contribution in [0, 0.1) is 28.6 Å². The molecule has 0 bridgehead atoms. The van der Waals surface area contributed by atoms with Gasteiger partial charge in [0.05, 0.1) is 18.1 Å². The smallest absolute Gasteiger partial charge is 0.197 e. The molecule has 0 saturated heterocycles. The van der Waals surface area contributed by atoms with Crippen molar-refractivity contribution in [1.29, 1.82) is 10.5 Å². The van der Waals surface area contributed by atoms with Gasteiger partial charge in [-0.2, -0.15) is 10.5 Å². The molecule has 0 heterocycles. The Morgan fingerprint density at radius 3 is 1.88 bits per heavy atom. The minimum atomic E-state index is -1.68. The van der Waals surface area contributed by atoms with Gasteiger partial charge >= 0.3 is 0 Å². The molecule has 0 saturated carbocycles. The van der Waals surface area contributed by atoms with Gasteiger partial charge in [0, 0.05) is 0 Å². The fourth-order valence-electron chi connectivity index (χ4n) is 1.41. The lowest BCUT2D eigenvalue weighted by Crippen LogP contribution is -2.24. The second kappa shape index (κ2) is 5.41. The third kappa shape index (κ3) is 3.03. The summed E-state index contributed by atoms with van der Waals surface area (Å²) in [6, 6.07) is 12.5. The molecule has 1 rings (SSSR count). The van der Waals surface area contributed by atoms with Crippen molar-refractivity contribution in [3.8, 4) is 12.1 Å². The molecular weight excluding hydrogens is 266 g/mol. The van der Waals surface area contributed by atoms with Gasteiger partial charge in [-0.15, -0.1) is 0 Å². The predicted octanol–water partition coefficient (Wildman–Crippen LogP) is 3.80. The minimum Gasteiger partial charge on any atom is -0.197 e. The van der Waals surface area contributed by atoms with Gasteiger partial charge in [-0.3, -0.25) is 0 Å². The molecule has 16 heavy (non-hydrogen) atoms. The molecule has 0 aliphatic carbocycles. The Kier molecular flexibility index (Phi) is 4.44. The van der Waals surface area contributed by atoms with Crippen LogP contribution in [0.25, 0.3) is 0 Å². The van der Waals surface area contributed by atoms with Gasteiger partial charge in [0.2, 0.25) is 0 Å². The van der Waals surface area contributed by atoms with Gasteiger partial charge in [-0.05, 0) is 5.56 Å². The first-order valence-electron chi connectivity index (χ1n) is 4.41. The van der Waals surface area contributed by atoms with E-state index in [0.29, 0.717) is 5.56 Å². The number of halogens is 3. The lowest BCUT2D eigenvalue weighted by atomic mass is 9.89. The van der Waals surface area contributed by atoms with Crippen molar-refractivity contribution in [2.75, 3.05) is 0 Å². The number of nitriles is 2. The lowest BCUT2D eigenvalue weighted by molar-refractivity contribution is 0.624. The van der Waals surface area contributed by atoms with Crippen LogP contribution in [0.1, 0.15) is 11.5 Å². The number of hydrogen-bond donors (Lipinski definition) is 0. The molecule has 82 valence electrons. The number of alkyl halides is 3. The molecule has 0 spiro atoms. The fraction of sp³-hybridized carbons (Fsp3) is 0.273. The molecular formula is C11H7Cl3N2. The first-order valence-corrected chi connectivity index (χ1v) is 5.55. The van der Waals surface area contributed by atoms with Gasteiger partial charge in [0.25, 0.3) is 0 Å². The van der Waals surface area contributed by atoms with Crippen LogP contribution in [0.15, 0.2) is 30.3 Å². The van der Waals surface area contributed by atoms with E-state index in [9.17, 15) is 0 Å². The highest BCUT2D eigenvalue weighted by Crippen LogP contribution is 2.45. The molecule has 0 fully saturated rings. The summed E-state index contributed by atoms with van der Waals surface area (Å²) >= 11 is 17.4. The third-order valence-corrected chi connectivity index (χ3v) is 2.83. The van der Waals surface area contributed by atoms with Crippen LogP contribution < -0.4 is 0 Å². The van der Waals surface area contributed by atoms with Crippen LogP contribution in [0.4, 0.5) is 0 Å². The maximum absolute atomic E-state index is 8.87. The molecule has 1 atom stereocenters. The first kappa shape index (κ1) is 13.1. The largest absolute Gasteiger partial charge is 0.199 e. The fourth-order valence-corrected chi connectivity index (χ4v) is 2.16. The van der Waals surface area contributed by atoms with Crippen molar-refractivity contribution < 1.29 is 0 Å². The van der Waals surface area contributed by atoms with E-state index in [4.69, 9.17) is 45.3 Å². The highest BCUT2D eigenvalue weighted by Gasteiger charge is 2.40. The summed E-state index contributed by atoms with van der Waals surface area (Å²) in [5.41, 5.74) is 0.663. The van der Waals surface area contributed by atoms with E-state index < -0.39 is 15.6 Å². The zero-order chi connectivity index (χ0) is 12.2. The van der Waals surface area contributed by atoms with Crippen molar-refractivity contribution >= 4 is 34.8 Å². The maximum Gasteiger partial charge on any atom is 0.199 e. The van der Waals surface area contributed by atoms with E-state index >= 15 is 0 Å². The molecule has 0 radical (unpaired) electrons. The second-order valence-electron chi connectivity index (χ2n) is 3.17. The molecule has 1 unspecified atom stereocenters. The van der Waals surface area contributed by atoms with Gasteiger partial charge < -0.3 is 0 Å². The van der Waals surface area contributed by atoms with Crippen molar-refractivity contribution in [3.63, 3.8) is 0 Å². The predicted molar refractivity (Wildman–Crippen MR) is 64.2 cm³/mol. The number of benzene rings is 1. The lowest BCUT2D eigenvalue weighted by Gasteiger charge is -2.25. The Bertz CT molecular complexity index is 411. The molecule has 5 heteroatoms. The second-order valence-corrected chi connectivity index (χ2v) is 5.53. The van der Waals surface area contributed by atoms with Crippen LogP contribution in [0.3, 0.4) is 0 Å². The summed E-state index contributed by atoms with van der Waals surface area (Å²) < 4.78 is -1.68. The van der Waals surface area contributed by atoms with Gasteiger partial charge in [-0.1, -0.05) is 65.1 Å². The van der Waals surface area contributed by atoms with Crippen LogP contribution in [-0.4, -0.2) is 3.79 Å². The van der Waals surface area contributed by atoms with E-state index in [1.807, 2.05) is 18.2 Å². The summed E-state index contributed by atoms with van der Waals surface area (Å²) in [7, 11) is 0. The van der Waals surface area contributed by atoms with Crippen molar-refractivity contribution in [1.82, 2.24) is 0 Å². The standard InChI is InChI=1S/C11H7Cl3N2/c12-11(13,14)10(9(6-15)7-16)8-4-2-1-3-5-8/h1-5,9-10H. The van der Waals surface area contributed by atoms with Gasteiger partial charge in [-0.25, -0.2) is 0 Å². The maximum atomic E-state index is 8.87. The first-order chi connectivity index (χ1) is 7.50. The molecule has 0 aliphatic rings. The Labute approximate surface area is 109 Å². The Morgan fingerprint density at radius 2 is 1.50 bits per heavy atom. The zero-order valence-corrected chi connectivity index (χ0v) is 10.3. The Morgan fingerprint density at radius 1 is 1.00 bits per heavy atom. The summed E-state index contributed by atoms with van der Waals surface area (Å²) in [5.74, 6) is -1.75. The Balaban J connectivity index is 3.19. The highest BCUT2D eigenvalue weighted by molar-refractivity contribution is 6.68. The van der Waals surface area contributed by atoms with Crippen molar-refractivity contribution in [2.24, 2.45) is 5.92 Å². The molecule has 0 amide bonds. The minimum absolute atomic E-state index is 0.663. The Hall–Kier alpha value is -0.930. The van der Waals surface area contributed by atoms with Crippen molar-refractivity contribution in [3.05, 3.63) is 35.9 Å². The molecule has 0 aromatic heterocycles. The van der Waals surface area contributed by atoms with Crippen LogP contribution in [-0.2, 0) is 0 Å². The van der Waals surface area contributed by atoms with E-state index in [1.165, 1.54) is 0 Å². The molecule has 2 nitrogen and oxygen atoms in total. The monoisotopic (exact) mass is 272 g/mol. The van der Waals surface area contributed by atoms with Crippen molar-refractivity contribution in [2.45, 2.75) is 9.71 Å². The van der Waals surface area contributed by atoms with Crippen LogP contribution >= 0.6 is 34.8 Å². The zero-order valence-electron chi connectivity index (χ0n) is 8.07. The van der Waals surface area contributed by atoms with Gasteiger partial charge in [0.1, 0.15) is 5.92 Å². The third-order valence-electron chi connectivity index (χ3n) is 2.12. The molecule has 0 aliphatic heterocycles. The number of hydrogen-bond acceptors (Lipinski definition) is 2. The number of nitrogens with zero attached hydrogens (tertiary/aromatic N) is 2. The van der Waals surface area contributed by atoms with E-state index in [1.54, 1.807) is 24.3 Å². The summed E-state index contributed by atoms with van der Waals surface area (Å²) in [5, 5.41) is 17.7. The molecule has 0 N–H and O–H groups in total. The average Bonchev–Trinajstić information content (AvgIpc) is 2.25. The topological polar surface area (TPSA) is 47.6 Å². The van der Waals surface area contributed by atoms with E-state index in [-0.39, 0.29) is 0 Å². The molecule has 1 aromatic rings. The summed E-state index contributed by atoms with van der Waals surface area (Å²) in [6.07, 6.45) is 0. The van der Waals surface area contributed by atoms with E-state index in [2.05, 4.69) is 0 Å². The quantitative estimate of drug-likeness (QED) is 0.769. The molecule has 1 aromatic carbocycles.